The van der Waals surface area contributed by atoms with Crippen molar-refractivity contribution < 1.29 is 14.4 Å². The predicted octanol–water partition coefficient (Wildman–Crippen LogP) is 3.69. The maximum atomic E-state index is 12.6. The minimum atomic E-state index is -0.242. The van der Waals surface area contributed by atoms with Gasteiger partial charge in [0.05, 0.1) is 0 Å². The number of nitrogens with one attached hydrogen (secondary N) is 1. The van der Waals surface area contributed by atoms with Gasteiger partial charge in [-0.1, -0.05) is 6.07 Å². The fourth-order valence-corrected chi connectivity index (χ4v) is 3.92. The molecule has 0 spiro atoms. The molecule has 0 aliphatic carbocycles. The molecule has 0 unspecified atom stereocenters. The van der Waals surface area contributed by atoms with Gasteiger partial charge in [-0.2, -0.15) is 0 Å². The van der Waals surface area contributed by atoms with Crippen molar-refractivity contribution in [2.75, 3.05) is 29.9 Å². The second kappa shape index (κ2) is 8.47. The van der Waals surface area contributed by atoms with Crippen molar-refractivity contribution in [2.24, 2.45) is 0 Å². The fourth-order valence-electron chi connectivity index (χ4n) is 3.92. The molecule has 2 aliphatic rings. The number of carbonyl (C=O) groups is 3. The Hall–Kier alpha value is -3.15. The lowest BCUT2D eigenvalue weighted by Crippen LogP contribution is -2.35. The lowest BCUT2D eigenvalue weighted by Gasteiger charge is -2.26. The molecule has 6 heteroatoms. The highest BCUT2D eigenvalue weighted by atomic mass is 16.2. The lowest BCUT2D eigenvalue weighted by atomic mass is 10.1. The molecule has 0 radical (unpaired) electrons. The monoisotopic (exact) mass is 391 g/mol. The highest BCUT2D eigenvalue weighted by Crippen LogP contribution is 2.23. The fraction of sp³-hybridized carbons (Fsp3) is 0.348. The van der Waals surface area contributed by atoms with E-state index >= 15 is 0 Å². The van der Waals surface area contributed by atoms with Gasteiger partial charge in [0, 0.05) is 48.6 Å². The van der Waals surface area contributed by atoms with Crippen LogP contribution in [0.15, 0.2) is 48.5 Å². The number of amides is 3. The van der Waals surface area contributed by atoms with Crippen molar-refractivity contribution in [1.82, 2.24) is 4.90 Å². The van der Waals surface area contributed by atoms with E-state index in [1.54, 1.807) is 47.4 Å². The summed E-state index contributed by atoms with van der Waals surface area (Å²) >= 11 is 0. The summed E-state index contributed by atoms with van der Waals surface area (Å²) in [7, 11) is 0. The van der Waals surface area contributed by atoms with Crippen LogP contribution in [0.2, 0.25) is 0 Å². The molecule has 0 aromatic heterocycles. The first-order valence-corrected chi connectivity index (χ1v) is 10.2. The predicted molar refractivity (Wildman–Crippen MR) is 112 cm³/mol. The van der Waals surface area contributed by atoms with Crippen molar-refractivity contribution in [3.05, 3.63) is 59.7 Å². The largest absolute Gasteiger partial charge is 0.339 e. The summed E-state index contributed by atoms with van der Waals surface area (Å²) in [6, 6.07) is 14.1. The van der Waals surface area contributed by atoms with Gasteiger partial charge in [0.2, 0.25) is 5.91 Å². The van der Waals surface area contributed by atoms with Crippen LogP contribution in [0.3, 0.4) is 0 Å². The normalized spacial score (nSPS) is 16.8. The van der Waals surface area contributed by atoms with E-state index < -0.39 is 0 Å². The van der Waals surface area contributed by atoms with Crippen molar-refractivity contribution in [2.45, 2.75) is 32.1 Å². The van der Waals surface area contributed by atoms with Gasteiger partial charge in [0.1, 0.15) is 0 Å². The molecule has 150 valence electrons. The van der Waals surface area contributed by atoms with E-state index in [2.05, 4.69) is 5.32 Å². The zero-order valence-electron chi connectivity index (χ0n) is 16.4. The zero-order valence-corrected chi connectivity index (χ0v) is 16.4. The summed E-state index contributed by atoms with van der Waals surface area (Å²) < 4.78 is 0. The Balaban J connectivity index is 1.42. The average molecular weight is 391 g/mol. The molecule has 4 rings (SSSR count). The maximum Gasteiger partial charge on any atom is 0.255 e. The van der Waals surface area contributed by atoms with Crippen LogP contribution in [0.4, 0.5) is 11.4 Å². The van der Waals surface area contributed by atoms with E-state index in [-0.39, 0.29) is 17.7 Å². The second-order valence-corrected chi connectivity index (χ2v) is 7.58. The summed E-state index contributed by atoms with van der Waals surface area (Å²) in [5.74, 6) is -0.101. The Bertz CT molecular complexity index is 917. The molecule has 2 aromatic carbocycles. The number of rotatable bonds is 4. The lowest BCUT2D eigenvalue weighted by molar-refractivity contribution is -0.117. The first-order chi connectivity index (χ1) is 14.1. The molecule has 6 nitrogen and oxygen atoms in total. The molecule has 29 heavy (non-hydrogen) atoms. The summed E-state index contributed by atoms with van der Waals surface area (Å²) in [6.07, 6.45) is 4.70. The molecule has 3 amide bonds. The first kappa shape index (κ1) is 19.2. The van der Waals surface area contributed by atoms with Crippen LogP contribution in [0.25, 0.3) is 0 Å². The van der Waals surface area contributed by atoms with Crippen LogP contribution in [-0.4, -0.2) is 42.3 Å². The van der Waals surface area contributed by atoms with E-state index in [1.807, 2.05) is 11.0 Å². The molecule has 2 aliphatic heterocycles. The number of hydrogen-bond acceptors (Lipinski definition) is 3. The van der Waals surface area contributed by atoms with Gasteiger partial charge in [-0.25, -0.2) is 0 Å². The number of anilines is 2. The number of nitrogens with zero attached hydrogens (tertiary/aromatic N) is 2. The highest BCUT2D eigenvalue weighted by molar-refractivity contribution is 6.06. The Morgan fingerprint density at radius 2 is 1.59 bits per heavy atom. The number of carbonyl (C=O) groups excluding carboxylic acids is 3. The molecular weight excluding hydrogens is 366 g/mol. The van der Waals surface area contributed by atoms with Crippen LogP contribution in [0, 0.1) is 0 Å². The molecule has 0 bridgehead atoms. The highest BCUT2D eigenvalue weighted by Gasteiger charge is 2.22. The summed E-state index contributed by atoms with van der Waals surface area (Å²) in [4.78, 5) is 40.7. The Morgan fingerprint density at radius 3 is 2.28 bits per heavy atom. The van der Waals surface area contributed by atoms with Gasteiger partial charge >= 0.3 is 0 Å². The first-order valence-electron chi connectivity index (χ1n) is 10.2. The summed E-state index contributed by atoms with van der Waals surface area (Å²) in [5.41, 5.74) is 2.52. The van der Waals surface area contributed by atoms with Gasteiger partial charge < -0.3 is 15.1 Å². The van der Waals surface area contributed by atoms with Gasteiger partial charge in [0.25, 0.3) is 11.8 Å². The van der Waals surface area contributed by atoms with Gasteiger partial charge in [-0.05, 0) is 68.1 Å². The Labute approximate surface area is 170 Å². The zero-order chi connectivity index (χ0) is 20.2. The number of likely N-dealkylation sites (tertiary alicyclic amines) is 1. The van der Waals surface area contributed by atoms with E-state index in [0.717, 1.165) is 38.0 Å². The van der Waals surface area contributed by atoms with Gasteiger partial charge in [-0.3, -0.25) is 14.4 Å². The quantitative estimate of drug-likeness (QED) is 0.864. The summed E-state index contributed by atoms with van der Waals surface area (Å²) in [6.45, 7) is 2.32. The molecule has 2 aromatic rings. The number of benzene rings is 2. The topological polar surface area (TPSA) is 69.7 Å². The van der Waals surface area contributed by atoms with Crippen molar-refractivity contribution in [3.8, 4) is 0 Å². The van der Waals surface area contributed by atoms with Crippen molar-refractivity contribution in [1.29, 1.82) is 0 Å². The minimum absolute atomic E-state index is 0.0468. The molecule has 1 N–H and O–H groups in total. The average Bonchev–Trinajstić information content (AvgIpc) is 3.20. The van der Waals surface area contributed by atoms with E-state index in [9.17, 15) is 14.4 Å². The van der Waals surface area contributed by atoms with Crippen LogP contribution < -0.4 is 10.2 Å². The minimum Gasteiger partial charge on any atom is -0.339 e. The molecule has 2 fully saturated rings. The SMILES string of the molecule is O=C(Nc1ccc(C(=O)N2CCCCC2)cc1)c1cccc(N2CCCC2=O)c1. The van der Waals surface area contributed by atoms with Crippen LogP contribution in [0.5, 0.6) is 0 Å². The molecule has 0 saturated carbocycles. The molecule has 2 heterocycles. The Kier molecular flexibility index (Phi) is 5.60. The Morgan fingerprint density at radius 1 is 0.828 bits per heavy atom. The van der Waals surface area contributed by atoms with Gasteiger partial charge in [0.15, 0.2) is 0 Å². The van der Waals surface area contributed by atoms with E-state index in [0.29, 0.717) is 29.8 Å². The molecule has 2 saturated heterocycles. The third-order valence-corrected chi connectivity index (χ3v) is 5.53. The second-order valence-electron chi connectivity index (χ2n) is 7.58. The van der Waals surface area contributed by atoms with Crippen LogP contribution in [-0.2, 0) is 4.79 Å². The maximum absolute atomic E-state index is 12.6. The standard InChI is InChI=1S/C23H25N3O3/c27-21-8-5-15-26(21)20-7-4-6-18(16-20)22(28)24-19-11-9-17(10-12-19)23(29)25-13-2-1-3-14-25/h4,6-7,9-12,16H,1-3,5,8,13-15H2,(H,24,28). The van der Waals surface area contributed by atoms with Crippen molar-refractivity contribution >= 4 is 29.1 Å². The molecular formula is C23H25N3O3. The van der Waals surface area contributed by atoms with Gasteiger partial charge in [-0.15, -0.1) is 0 Å². The third kappa shape index (κ3) is 4.31. The summed E-state index contributed by atoms with van der Waals surface area (Å²) in [5, 5.41) is 2.87. The van der Waals surface area contributed by atoms with Crippen LogP contribution in [0.1, 0.15) is 52.8 Å². The van der Waals surface area contributed by atoms with Crippen molar-refractivity contribution in [3.63, 3.8) is 0 Å². The number of piperidine rings is 1. The van der Waals surface area contributed by atoms with Crippen LogP contribution >= 0.6 is 0 Å². The smallest absolute Gasteiger partial charge is 0.255 e. The van der Waals surface area contributed by atoms with E-state index in [1.165, 1.54) is 6.42 Å². The third-order valence-electron chi connectivity index (χ3n) is 5.53. The number of hydrogen-bond donors (Lipinski definition) is 1. The molecule has 0 atom stereocenters. The van der Waals surface area contributed by atoms with E-state index in [4.69, 9.17) is 0 Å².